The lowest BCUT2D eigenvalue weighted by Crippen LogP contribution is -2.17. The van der Waals surface area contributed by atoms with Crippen LogP contribution in [0.5, 0.6) is 11.5 Å². The van der Waals surface area contributed by atoms with Gasteiger partial charge < -0.3 is 14.8 Å². The minimum atomic E-state index is -4.81. The summed E-state index contributed by atoms with van der Waals surface area (Å²) in [5.41, 5.74) is 2.64. The van der Waals surface area contributed by atoms with E-state index in [1.165, 1.54) is 47.7 Å². The van der Waals surface area contributed by atoms with Crippen molar-refractivity contribution in [3.8, 4) is 11.5 Å². The van der Waals surface area contributed by atoms with Crippen molar-refractivity contribution < 1.29 is 31.1 Å². The van der Waals surface area contributed by atoms with Crippen LogP contribution in [0, 0.1) is 0 Å². The number of hydrogen-bond acceptors (Lipinski definition) is 6. The van der Waals surface area contributed by atoms with Crippen LogP contribution >= 0.6 is 12.4 Å². The molecular formula is C24H23ClF3N3O4S. The lowest BCUT2D eigenvalue weighted by molar-refractivity contribution is -0.274. The molecule has 2 aromatic heterocycles. The monoisotopic (exact) mass is 541 g/mol. The third-order valence-corrected chi connectivity index (χ3v) is 7.02. The summed E-state index contributed by atoms with van der Waals surface area (Å²) < 4.78 is 74.9. The Bertz CT molecular complexity index is 1460. The average molecular weight is 542 g/mol. The number of benzene rings is 2. The van der Waals surface area contributed by atoms with Crippen LogP contribution in [0.25, 0.3) is 10.9 Å². The highest BCUT2D eigenvalue weighted by Gasteiger charge is 2.31. The van der Waals surface area contributed by atoms with Gasteiger partial charge in [-0.05, 0) is 48.0 Å². The predicted octanol–water partition coefficient (Wildman–Crippen LogP) is 4.91. The second-order valence-electron chi connectivity index (χ2n) is 7.72. The number of rotatable bonds is 8. The van der Waals surface area contributed by atoms with E-state index in [9.17, 15) is 21.6 Å². The van der Waals surface area contributed by atoms with Crippen molar-refractivity contribution in [3.63, 3.8) is 0 Å². The van der Waals surface area contributed by atoms with Crippen LogP contribution in [0.1, 0.15) is 16.7 Å². The molecule has 0 spiro atoms. The smallest absolute Gasteiger partial charge is 0.496 e. The quantitative estimate of drug-likeness (QED) is 0.341. The number of hydrogen-bond donors (Lipinski definition) is 1. The summed E-state index contributed by atoms with van der Waals surface area (Å²) in [6.45, 7) is 0.458. The number of nitrogens with one attached hydrogen (secondary N) is 1. The molecule has 0 aliphatic carbocycles. The fraction of sp³-hybridized carbons (Fsp3) is 0.208. The summed E-state index contributed by atoms with van der Waals surface area (Å²) in [6, 6.07) is 12.3. The van der Waals surface area contributed by atoms with Gasteiger partial charge >= 0.3 is 6.36 Å². The molecule has 0 radical (unpaired) electrons. The van der Waals surface area contributed by atoms with Gasteiger partial charge in [0.2, 0.25) is 0 Å². The SMILES string of the molecule is CNCc1cn(S(=O)(=O)c2cccnc2)c2cc(Cc3ccc(OC(F)(F)F)cc3OC)ccc12.Cl. The first-order valence-corrected chi connectivity index (χ1v) is 11.9. The maximum Gasteiger partial charge on any atom is 0.573 e. The van der Waals surface area contributed by atoms with Gasteiger partial charge in [-0.3, -0.25) is 4.98 Å². The van der Waals surface area contributed by atoms with Gasteiger partial charge in [-0.2, -0.15) is 0 Å². The van der Waals surface area contributed by atoms with E-state index in [-0.39, 0.29) is 28.8 Å². The van der Waals surface area contributed by atoms with Crippen molar-refractivity contribution in [2.75, 3.05) is 14.2 Å². The molecular weight excluding hydrogens is 519 g/mol. The molecule has 4 aromatic rings. The summed E-state index contributed by atoms with van der Waals surface area (Å²) in [6.07, 6.45) is -0.149. The Morgan fingerprint density at radius 2 is 1.86 bits per heavy atom. The average Bonchev–Trinajstić information content (AvgIpc) is 3.18. The summed E-state index contributed by atoms with van der Waals surface area (Å²) in [4.78, 5) is 3.98. The normalized spacial score (nSPS) is 11.8. The number of halogens is 4. The largest absolute Gasteiger partial charge is 0.573 e. The number of aromatic nitrogens is 2. The minimum Gasteiger partial charge on any atom is -0.496 e. The van der Waals surface area contributed by atoms with Crippen LogP contribution in [0.4, 0.5) is 13.2 Å². The van der Waals surface area contributed by atoms with Gasteiger partial charge in [-0.15, -0.1) is 25.6 Å². The number of methoxy groups -OCH3 is 1. The maximum absolute atomic E-state index is 13.4. The number of ether oxygens (including phenoxy) is 2. The Labute approximate surface area is 212 Å². The summed E-state index contributed by atoms with van der Waals surface area (Å²) in [5.74, 6) is -0.164. The maximum atomic E-state index is 13.4. The van der Waals surface area contributed by atoms with Gasteiger partial charge in [0.1, 0.15) is 16.4 Å². The molecule has 0 aliphatic heterocycles. The zero-order chi connectivity index (χ0) is 25.2. The van der Waals surface area contributed by atoms with Gasteiger partial charge in [0, 0.05) is 43.0 Å². The second kappa shape index (κ2) is 10.8. The van der Waals surface area contributed by atoms with Gasteiger partial charge in [0.05, 0.1) is 12.6 Å². The van der Waals surface area contributed by atoms with Crippen molar-refractivity contribution in [2.24, 2.45) is 0 Å². The van der Waals surface area contributed by atoms with Crippen molar-refractivity contribution in [1.29, 1.82) is 0 Å². The first-order chi connectivity index (χ1) is 16.6. The van der Waals surface area contributed by atoms with Crippen LogP contribution < -0.4 is 14.8 Å². The molecule has 2 heterocycles. The summed E-state index contributed by atoms with van der Waals surface area (Å²) >= 11 is 0. The molecule has 0 fully saturated rings. The van der Waals surface area contributed by atoms with Crippen molar-refractivity contribution in [2.45, 2.75) is 24.2 Å². The Hall–Kier alpha value is -3.28. The molecule has 1 N–H and O–H groups in total. The molecule has 0 saturated carbocycles. The lowest BCUT2D eigenvalue weighted by Gasteiger charge is -2.13. The Morgan fingerprint density at radius 1 is 1.08 bits per heavy atom. The van der Waals surface area contributed by atoms with Gasteiger partial charge in [-0.25, -0.2) is 12.4 Å². The van der Waals surface area contributed by atoms with Crippen LogP contribution in [0.3, 0.4) is 0 Å². The number of alkyl halides is 3. The minimum absolute atomic E-state index is 0. The van der Waals surface area contributed by atoms with Crippen molar-refractivity contribution >= 4 is 33.3 Å². The van der Waals surface area contributed by atoms with Gasteiger partial charge in [0.15, 0.2) is 0 Å². The summed E-state index contributed by atoms with van der Waals surface area (Å²) in [7, 11) is -0.784. The van der Waals surface area contributed by atoms with Crippen LogP contribution in [-0.2, 0) is 23.0 Å². The van der Waals surface area contributed by atoms with Gasteiger partial charge in [0.25, 0.3) is 10.0 Å². The molecule has 36 heavy (non-hydrogen) atoms. The molecule has 0 unspecified atom stereocenters. The highest BCUT2D eigenvalue weighted by molar-refractivity contribution is 7.90. The highest BCUT2D eigenvalue weighted by Crippen LogP contribution is 2.32. The third-order valence-electron chi connectivity index (χ3n) is 5.36. The predicted molar refractivity (Wildman–Crippen MR) is 131 cm³/mol. The summed E-state index contributed by atoms with van der Waals surface area (Å²) in [5, 5.41) is 3.80. The molecule has 192 valence electrons. The number of pyridine rings is 1. The zero-order valence-electron chi connectivity index (χ0n) is 19.2. The van der Waals surface area contributed by atoms with E-state index in [2.05, 4.69) is 15.0 Å². The van der Waals surface area contributed by atoms with Crippen LogP contribution in [0.15, 0.2) is 72.0 Å². The lowest BCUT2D eigenvalue weighted by atomic mass is 10.0. The third kappa shape index (κ3) is 5.75. The number of nitrogens with zero attached hydrogens (tertiary/aromatic N) is 2. The van der Waals surface area contributed by atoms with Crippen molar-refractivity contribution in [1.82, 2.24) is 14.3 Å². The molecule has 4 rings (SSSR count). The van der Waals surface area contributed by atoms with Gasteiger partial charge in [-0.1, -0.05) is 18.2 Å². The second-order valence-corrected chi connectivity index (χ2v) is 9.54. The fourth-order valence-electron chi connectivity index (χ4n) is 3.85. The highest BCUT2D eigenvalue weighted by atomic mass is 35.5. The standard InChI is InChI=1S/C24H22F3N3O4S.ClH/c1-28-13-18-15-30(35(31,32)20-4-3-9-29-14-20)22-11-16(5-8-21(18)22)10-17-6-7-19(12-23(17)33-2)34-24(25,26)27;/h3-9,11-12,14-15,28H,10,13H2,1-2H3;1H. The van der Waals surface area contributed by atoms with E-state index >= 15 is 0 Å². The van der Waals surface area contributed by atoms with E-state index in [0.29, 0.717) is 24.0 Å². The molecule has 0 saturated heterocycles. The van der Waals surface area contributed by atoms with Crippen LogP contribution in [0.2, 0.25) is 0 Å². The molecule has 0 bridgehead atoms. The Morgan fingerprint density at radius 3 is 2.50 bits per heavy atom. The van der Waals surface area contributed by atoms with Crippen molar-refractivity contribution in [3.05, 3.63) is 83.8 Å². The van der Waals surface area contributed by atoms with E-state index in [1.54, 1.807) is 25.4 Å². The van der Waals surface area contributed by atoms with E-state index in [0.717, 1.165) is 16.5 Å². The first kappa shape index (κ1) is 27.3. The van der Waals surface area contributed by atoms with Crippen LogP contribution in [-0.4, -0.2) is 37.9 Å². The molecule has 0 amide bonds. The molecule has 2 aromatic carbocycles. The zero-order valence-corrected chi connectivity index (χ0v) is 20.9. The van der Waals surface area contributed by atoms with E-state index in [1.807, 2.05) is 12.1 Å². The Balaban J connectivity index is 0.00000361. The number of fused-ring (bicyclic) bond motifs is 1. The fourth-order valence-corrected chi connectivity index (χ4v) is 5.20. The van der Waals surface area contributed by atoms with E-state index < -0.39 is 16.4 Å². The topological polar surface area (TPSA) is 82.5 Å². The first-order valence-electron chi connectivity index (χ1n) is 10.5. The van der Waals surface area contributed by atoms with E-state index in [4.69, 9.17) is 4.74 Å². The Kier molecular flexibility index (Phi) is 8.17. The molecule has 12 heteroatoms. The molecule has 7 nitrogen and oxygen atoms in total. The molecule has 0 aliphatic rings. The molecule has 0 atom stereocenters.